The van der Waals surface area contributed by atoms with Crippen molar-refractivity contribution in [1.82, 2.24) is 4.98 Å². The van der Waals surface area contributed by atoms with E-state index in [9.17, 15) is 9.90 Å². The van der Waals surface area contributed by atoms with Crippen molar-refractivity contribution in [3.8, 4) is 0 Å². The quantitative estimate of drug-likeness (QED) is 0.904. The number of hydrogen-bond donors (Lipinski definition) is 1. The molecule has 1 aliphatic rings. The number of carboxylic acids is 1. The van der Waals surface area contributed by atoms with Crippen LogP contribution in [0.4, 0.5) is 5.82 Å². The number of aromatic nitrogens is 1. The van der Waals surface area contributed by atoms with Gasteiger partial charge in [0.2, 0.25) is 0 Å². The number of anilines is 1. The van der Waals surface area contributed by atoms with Crippen LogP contribution in [-0.2, 0) is 4.74 Å². The molecule has 5 heteroatoms. The molecule has 1 aliphatic heterocycles. The number of morpholine rings is 1. The van der Waals surface area contributed by atoms with Crippen LogP contribution in [0.1, 0.15) is 35.0 Å². The molecule has 1 unspecified atom stereocenters. The van der Waals surface area contributed by atoms with E-state index in [0.717, 1.165) is 17.7 Å². The lowest BCUT2D eigenvalue weighted by Gasteiger charge is -2.37. The lowest BCUT2D eigenvalue weighted by atomic mass is 10.1. The first-order chi connectivity index (χ1) is 9.04. The van der Waals surface area contributed by atoms with E-state index in [2.05, 4.69) is 16.8 Å². The number of carboxylic acid groups (broad SMARTS) is 1. The fraction of sp³-hybridized carbons (Fsp3) is 0.571. The molecule has 1 aromatic heterocycles. The number of rotatable bonds is 3. The number of carbonyl (C=O) groups is 1. The van der Waals surface area contributed by atoms with E-state index in [1.54, 1.807) is 0 Å². The molecule has 0 radical (unpaired) electrons. The van der Waals surface area contributed by atoms with E-state index in [4.69, 9.17) is 4.74 Å². The zero-order valence-electron chi connectivity index (χ0n) is 11.6. The van der Waals surface area contributed by atoms with Gasteiger partial charge in [0.15, 0.2) is 0 Å². The highest BCUT2D eigenvalue weighted by Gasteiger charge is 2.27. The SMILES string of the molecule is CCC1COCCN1c1nc(C)cc(C)c1C(=O)O. The molecule has 0 aromatic carbocycles. The highest BCUT2D eigenvalue weighted by molar-refractivity contribution is 5.95. The van der Waals surface area contributed by atoms with E-state index >= 15 is 0 Å². The smallest absolute Gasteiger partial charge is 0.339 e. The topological polar surface area (TPSA) is 62.7 Å². The second kappa shape index (κ2) is 5.57. The van der Waals surface area contributed by atoms with Gasteiger partial charge in [-0.3, -0.25) is 0 Å². The normalized spacial score (nSPS) is 19.5. The van der Waals surface area contributed by atoms with E-state index in [1.807, 2.05) is 19.9 Å². The van der Waals surface area contributed by atoms with Crippen LogP contribution in [0.2, 0.25) is 0 Å². The van der Waals surface area contributed by atoms with Crippen LogP contribution >= 0.6 is 0 Å². The molecular formula is C14H20N2O3. The van der Waals surface area contributed by atoms with Gasteiger partial charge >= 0.3 is 5.97 Å². The molecular weight excluding hydrogens is 244 g/mol. The molecule has 0 spiro atoms. The number of ether oxygens (including phenoxy) is 1. The summed E-state index contributed by atoms with van der Waals surface area (Å²) in [5.41, 5.74) is 1.92. The van der Waals surface area contributed by atoms with E-state index < -0.39 is 5.97 Å². The minimum Gasteiger partial charge on any atom is -0.478 e. The Balaban J connectivity index is 2.50. The van der Waals surface area contributed by atoms with Crippen LogP contribution in [0.5, 0.6) is 0 Å². The Morgan fingerprint density at radius 3 is 2.95 bits per heavy atom. The number of pyridine rings is 1. The third-order valence-corrected chi connectivity index (χ3v) is 3.51. The van der Waals surface area contributed by atoms with Gasteiger partial charge in [-0.05, 0) is 31.9 Å². The highest BCUT2D eigenvalue weighted by atomic mass is 16.5. The monoisotopic (exact) mass is 264 g/mol. The maximum absolute atomic E-state index is 11.5. The summed E-state index contributed by atoms with van der Waals surface area (Å²) in [5.74, 6) is -0.332. The molecule has 1 aromatic rings. The van der Waals surface area contributed by atoms with Crippen LogP contribution < -0.4 is 4.90 Å². The Hall–Kier alpha value is -1.62. The molecule has 1 atom stereocenters. The molecule has 0 saturated carbocycles. The molecule has 5 nitrogen and oxygen atoms in total. The molecule has 2 rings (SSSR count). The van der Waals surface area contributed by atoms with Crippen LogP contribution in [0, 0.1) is 13.8 Å². The first-order valence-corrected chi connectivity index (χ1v) is 6.60. The highest BCUT2D eigenvalue weighted by Crippen LogP contribution is 2.26. The minimum absolute atomic E-state index is 0.195. The molecule has 1 N–H and O–H groups in total. The zero-order valence-corrected chi connectivity index (χ0v) is 11.6. The predicted molar refractivity (Wildman–Crippen MR) is 72.9 cm³/mol. The van der Waals surface area contributed by atoms with Gasteiger partial charge in [0.05, 0.1) is 19.3 Å². The molecule has 104 valence electrons. The summed E-state index contributed by atoms with van der Waals surface area (Å²) >= 11 is 0. The van der Waals surface area contributed by atoms with Gasteiger partial charge in [0.1, 0.15) is 11.4 Å². The predicted octanol–water partition coefficient (Wildman–Crippen LogP) is 2.01. The minimum atomic E-state index is -0.915. The van der Waals surface area contributed by atoms with Crippen molar-refractivity contribution in [3.05, 3.63) is 22.9 Å². The van der Waals surface area contributed by atoms with E-state index in [1.165, 1.54) is 0 Å². The van der Waals surface area contributed by atoms with Gasteiger partial charge in [-0.15, -0.1) is 0 Å². The fourth-order valence-corrected chi connectivity index (χ4v) is 2.56. The summed E-state index contributed by atoms with van der Waals surface area (Å²) in [4.78, 5) is 18.0. The number of aryl methyl sites for hydroxylation is 2. The van der Waals surface area contributed by atoms with E-state index in [0.29, 0.717) is 31.1 Å². The average Bonchev–Trinajstić information content (AvgIpc) is 2.37. The number of nitrogens with zero attached hydrogens (tertiary/aromatic N) is 2. The van der Waals surface area contributed by atoms with Gasteiger partial charge in [-0.25, -0.2) is 9.78 Å². The van der Waals surface area contributed by atoms with Crippen LogP contribution in [0.25, 0.3) is 0 Å². The van der Waals surface area contributed by atoms with Gasteiger partial charge in [0, 0.05) is 12.2 Å². The Labute approximate surface area is 113 Å². The maximum Gasteiger partial charge on any atom is 0.339 e. The summed E-state index contributed by atoms with van der Waals surface area (Å²) in [5, 5.41) is 9.43. The van der Waals surface area contributed by atoms with Gasteiger partial charge in [-0.1, -0.05) is 6.92 Å². The Morgan fingerprint density at radius 2 is 2.32 bits per heavy atom. The molecule has 1 saturated heterocycles. The van der Waals surface area contributed by atoms with Crippen LogP contribution in [-0.4, -0.2) is 41.9 Å². The van der Waals surface area contributed by atoms with E-state index in [-0.39, 0.29) is 6.04 Å². The lowest BCUT2D eigenvalue weighted by molar-refractivity contribution is 0.0692. The molecule has 0 bridgehead atoms. The second-order valence-electron chi connectivity index (χ2n) is 4.91. The van der Waals surface area contributed by atoms with Crippen LogP contribution in [0.3, 0.4) is 0 Å². The van der Waals surface area contributed by atoms with Crippen molar-refractivity contribution in [1.29, 1.82) is 0 Å². The van der Waals surface area contributed by atoms with Crippen LogP contribution in [0.15, 0.2) is 6.07 Å². The fourth-order valence-electron chi connectivity index (χ4n) is 2.56. The Bertz CT molecular complexity index is 488. The molecule has 2 heterocycles. The number of hydrogen-bond acceptors (Lipinski definition) is 4. The zero-order chi connectivity index (χ0) is 14.0. The molecule has 1 fully saturated rings. The molecule has 0 amide bonds. The molecule has 19 heavy (non-hydrogen) atoms. The summed E-state index contributed by atoms with van der Waals surface area (Å²) in [6, 6.07) is 2.01. The average molecular weight is 264 g/mol. The Morgan fingerprint density at radius 1 is 1.58 bits per heavy atom. The van der Waals surface area contributed by atoms with Gasteiger partial charge < -0.3 is 14.7 Å². The maximum atomic E-state index is 11.5. The van der Waals surface area contributed by atoms with Crippen molar-refractivity contribution in [3.63, 3.8) is 0 Å². The Kier molecular flexibility index (Phi) is 4.04. The summed E-state index contributed by atoms with van der Waals surface area (Å²) in [6.45, 7) is 7.73. The lowest BCUT2D eigenvalue weighted by Crippen LogP contribution is -2.46. The van der Waals surface area contributed by atoms with Gasteiger partial charge in [0.25, 0.3) is 0 Å². The van der Waals surface area contributed by atoms with Crippen molar-refractivity contribution in [2.45, 2.75) is 33.2 Å². The summed E-state index contributed by atoms with van der Waals surface area (Å²) in [6.07, 6.45) is 0.910. The van der Waals surface area contributed by atoms with Crippen molar-refractivity contribution >= 4 is 11.8 Å². The third kappa shape index (κ3) is 2.71. The standard InChI is InChI=1S/C14H20N2O3/c1-4-11-8-19-6-5-16(11)13-12(14(17)18)9(2)7-10(3)15-13/h7,11H,4-6,8H2,1-3H3,(H,17,18). The van der Waals surface area contributed by atoms with Crippen molar-refractivity contribution in [2.75, 3.05) is 24.7 Å². The van der Waals surface area contributed by atoms with Crippen molar-refractivity contribution in [2.24, 2.45) is 0 Å². The second-order valence-corrected chi connectivity index (χ2v) is 4.91. The summed E-state index contributed by atoms with van der Waals surface area (Å²) in [7, 11) is 0. The molecule has 0 aliphatic carbocycles. The summed E-state index contributed by atoms with van der Waals surface area (Å²) < 4.78 is 5.47. The first-order valence-electron chi connectivity index (χ1n) is 6.60. The first kappa shape index (κ1) is 13.8. The largest absolute Gasteiger partial charge is 0.478 e. The van der Waals surface area contributed by atoms with Gasteiger partial charge in [-0.2, -0.15) is 0 Å². The van der Waals surface area contributed by atoms with Crippen molar-refractivity contribution < 1.29 is 14.6 Å². The third-order valence-electron chi connectivity index (χ3n) is 3.51. The number of aromatic carboxylic acids is 1.